The van der Waals surface area contributed by atoms with Crippen LogP contribution in [0.4, 0.5) is 0 Å². The molecule has 2 rings (SSSR count). The minimum Gasteiger partial charge on any atom is -0.481 e. The van der Waals surface area contributed by atoms with E-state index in [1.54, 1.807) is 6.20 Å². The lowest BCUT2D eigenvalue weighted by Crippen LogP contribution is -1.98. The predicted octanol–water partition coefficient (Wildman–Crippen LogP) is 2.40. The van der Waals surface area contributed by atoms with E-state index >= 15 is 0 Å². The Hall–Kier alpha value is -1.04. The fourth-order valence-electron chi connectivity index (χ4n) is 1.48. The molecule has 14 heavy (non-hydrogen) atoms. The Balaban J connectivity index is 2.58. The summed E-state index contributed by atoms with van der Waals surface area (Å²) in [5.41, 5.74) is 1.86. The minimum absolute atomic E-state index is 0.0695. The largest absolute Gasteiger partial charge is 0.481 e. The van der Waals surface area contributed by atoms with E-state index in [1.807, 2.05) is 18.2 Å². The van der Waals surface area contributed by atoms with Crippen molar-refractivity contribution in [2.75, 3.05) is 0 Å². The van der Waals surface area contributed by atoms with Gasteiger partial charge in [-0.3, -0.25) is 4.79 Å². The molecule has 0 amide bonds. The molecule has 1 aromatic heterocycles. The van der Waals surface area contributed by atoms with E-state index in [0.29, 0.717) is 0 Å². The highest BCUT2D eigenvalue weighted by Gasteiger charge is 2.08. The number of H-pyrrole nitrogens is 1. The third-order valence-electron chi connectivity index (χ3n) is 2.09. The SMILES string of the molecule is O=C(O)Cc1c[nH]c2c(I)cccc12. The molecule has 0 spiro atoms. The zero-order valence-electron chi connectivity index (χ0n) is 7.25. The minimum atomic E-state index is -0.801. The van der Waals surface area contributed by atoms with Crippen LogP contribution >= 0.6 is 22.6 Å². The second-order valence-corrected chi connectivity index (χ2v) is 4.21. The summed E-state index contributed by atoms with van der Waals surface area (Å²) in [6.45, 7) is 0. The van der Waals surface area contributed by atoms with Crippen molar-refractivity contribution in [2.24, 2.45) is 0 Å². The normalized spacial score (nSPS) is 10.6. The first-order valence-electron chi connectivity index (χ1n) is 4.15. The number of halogens is 1. The molecule has 2 N–H and O–H groups in total. The number of hydrogen-bond donors (Lipinski definition) is 2. The van der Waals surface area contributed by atoms with E-state index < -0.39 is 5.97 Å². The Kier molecular flexibility index (Phi) is 2.45. The number of para-hydroxylation sites is 1. The summed E-state index contributed by atoms with van der Waals surface area (Å²) >= 11 is 2.23. The maximum absolute atomic E-state index is 10.6. The van der Waals surface area contributed by atoms with E-state index in [4.69, 9.17) is 5.11 Å². The van der Waals surface area contributed by atoms with Crippen LogP contribution in [0.2, 0.25) is 0 Å². The van der Waals surface area contributed by atoms with Crippen molar-refractivity contribution in [3.05, 3.63) is 33.5 Å². The molecule has 3 nitrogen and oxygen atoms in total. The van der Waals surface area contributed by atoms with Gasteiger partial charge in [0, 0.05) is 15.2 Å². The first-order chi connectivity index (χ1) is 6.68. The standard InChI is InChI=1S/C10H8INO2/c11-8-3-1-2-7-6(4-9(13)14)5-12-10(7)8/h1-3,5,12H,4H2,(H,13,14). The number of rotatable bonds is 2. The Bertz CT molecular complexity index is 490. The fourth-order valence-corrected chi connectivity index (χ4v) is 2.14. The lowest BCUT2D eigenvalue weighted by atomic mass is 10.1. The van der Waals surface area contributed by atoms with E-state index in [1.165, 1.54) is 0 Å². The molecule has 0 aliphatic heterocycles. The summed E-state index contributed by atoms with van der Waals surface area (Å²) in [4.78, 5) is 13.7. The summed E-state index contributed by atoms with van der Waals surface area (Å²) in [7, 11) is 0. The Morgan fingerprint density at radius 1 is 1.50 bits per heavy atom. The molecule has 0 saturated heterocycles. The molecule has 0 atom stereocenters. The second-order valence-electron chi connectivity index (χ2n) is 3.05. The third kappa shape index (κ3) is 1.61. The van der Waals surface area contributed by atoms with E-state index in [2.05, 4.69) is 27.6 Å². The van der Waals surface area contributed by atoms with E-state index in [9.17, 15) is 4.79 Å². The van der Waals surface area contributed by atoms with Crippen LogP contribution in [-0.2, 0) is 11.2 Å². The molecule has 0 saturated carbocycles. The van der Waals surface area contributed by atoms with Gasteiger partial charge in [0.05, 0.1) is 11.9 Å². The van der Waals surface area contributed by atoms with Crippen LogP contribution in [0.3, 0.4) is 0 Å². The van der Waals surface area contributed by atoms with Gasteiger partial charge in [0.2, 0.25) is 0 Å². The van der Waals surface area contributed by atoms with Crippen molar-refractivity contribution >= 4 is 39.5 Å². The highest BCUT2D eigenvalue weighted by atomic mass is 127. The number of nitrogens with one attached hydrogen (secondary N) is 1. The van der Waals surface area contributed by atoms with Gasteiger partial charge in [0.1, 0.15) is 0 Å². The molecule has 4 heteroatoms. The zero-order chi connectivity index (χ0) is 10.1. The van der Waals surface area contributed by atoms with Crippen molar-refractivity contribution < 1.29 is 9.90 Å². The smallest absolute Gasteiger partial charge is 0.307 e. The van der Waals surface area contributed by atoms with Crippen molar-refractivity contribution in [2.45, 2.75) is 6.42 Å². The number of aromatic amines is 1. The van der Waals surface area contributed by atoms with Crippen molar-refractivity contribution in [3.8, 4) is 0 Å². The lowest BCUT2D eigenvalue weighted by molar-refractivity contribution is -0.136. The summed E-state index contributed by atoms with van der Waals surface area (Å²) in [5.74, 6) is -0.801. The number of carboxylic acids is 1. The van der Waals surface area contributed by atoms with Gasteiger partial charge in [-0.2, -0.15) is 0 Å². The average Bonchev–Trinajstić information content (AvgIpc) is 2.49. The Morgan fingerprint density at radius 3 is 3.00 bits per heavy atom. The molecule has 2 aromatic rings. The predicted molar refractivity (Wildman–Crippen MR) is 62.4 cm³/mol. The number of fused-ring (bicyclic) bond motifs is 1. The number of hydrogen-bond acceptors (Lipinski definition) is 1. The molecular formula is C10H8INO2. The first-order valence-corrected chi connectivity index (χ1v) is 5.22. The molecular weight excluding hydrogens is 293 g/mol. The topological polar surface area (TPSA) is 53.1 Å². The van der Waals surface area contributed by atoms with Crippen LogP contribution in [0.1, 0.15) is 5.56 Å². The maximum atomic E-state index is 10.6. The first kappa shape index (κ1) is 9.51. The fraction of sp³-hybridized carbons (Fsp3) is 0.100. The van der Waals surface area contributed by atoms with Crippen LogP contribution in [0.5, 0.6) is 0 Å². The quantitative estimate of drug-likeness (QED) is 0.837. The number of benzene rings is 1. The van der Waals surface area contributed by atoms with Crippen molar-refractivity contribution in [1.82, 2.24) is 4.98 Å². The van der Waals surface area contributed by atoms with E-state index in [0.717, 1.165) is 20.0 Å². The van der Waals surface area contributed by atoms with Crippen LogP contribution in [0.15, 0.2) is 24.4 Å². The zero-order valence-corrected chi connectivity index (χ0v) is 9.41. The van der Waals surface area contributed by atoms with Gasteiger partial charge in [-0.05, 0) is 34.2 Å². The van der Waals surface area contributed by atoms with Crippen LogP contribution in [-0.4, -0.2) is 16.1 Å². The van der Waals surface area contributed by atoms with Gasteiger partial charge in [0.25, 0.3) is 0 Å². The summed E-state index contributed by atoms with van der Waals surface area (Å²) in [5, 5.41) is 9.70. The van der Waals surface area contributed by atoms with Gasteiger partial charge >= 0.3 is 5.97 Å². The van der Waals surface area contributed by atoms with Gasteiger partial charge in [-0.25, -0.2) is 0 Å². The lowest BCUT2D eigenvalue weighted by Gasteiger charge is -1.95. The number of carbonyl (C=O) groups is 1. The molecule has 1 aromatic carbocycles. The molecule has 0 fully saturated rings. The number of aromatic nitrogens is 1. The third-order valence-corrected chi connectivity index (χ3v) is 2.99. The highest BCUT2D eigenvalue weighted by molar-refractivity contribution is 14.1. The summed E-state index contributed by atoms with van der Waals surface area (Å²) in [6.07, 6.45) is 1.83. The molecule has 0 radical (unpaired) electrons. The van der Waals surface area contributed by atoms with Gasteiger partial charge in [-0.15, -0.1) is 0 Å². The summed E-state index contributed by atoms with van der Waals surface area (Å²) < 4.78 is 1.11. The van der Waals surface area contributed by atoms with Gasteiger partial charge in [-0.1, -0.05) is 12.1 Å². The highest BCUT2D eigenvalue weighted by Crippen LogP contribution is 2.23. The van der Waals surface area contributed by atoms with Crippen molar-refractivity contribution in [3.63, 3.8) is 0 Å². The molecule has 0 unspecified atom stereocenters. The molecule has 72 valence electrons. The molecule has 0 aliphatic carbocycles. The molecule has 0 bridgehead atoms. The molecule has 0 aliphatic rings. The van der Waals surface area contributed by atoms with Gasteiger partial charge in [0.15, 0.2) is 0 Å². The molecule has 1 heterocycles. The average molecular weight is 301 g/mol. The Morgan fingerprint density at radius 2 is 2.29 bits per heavy atom. The maximum Gasteiger partial charge on any atom is 0.307 e. The monoisotopic (exact) mass is 301 g/mol. The van der Waals surface area contributed by atoms with Crippen LogP contribution < -0.4 is 0 Å². The van der Waals surface area contributed by atoms with Crippen LogP contribution in [0, 0.1) is 3.57 Å². The van der Waals surface area contributed by atoms with Gasteiger partial charge < -0.3 is 10.1 Å². The summed E-state index contributed by atoms with van der Waals surface area (Å²) in [6, 6.07) is 5.86. The van der Waals surface area contributed by atoms with Crippen LogP contribution in [0.25, 0.3) is 10.9 Å². The number of aliphatic carboxylic acids is 1. The van der Waals surface area contributed by atoms with Crippen molar-refractivity contribution in [1.29, 1.82) is 0 Å². The number of carboxylic acid groups (broad SMARTS) is 1. The second kappa shape index (κ2) is 3.61. The van der Waals surface area contributed by atoms with E-state index in [-0.39, 0.29) is 6.42 Å². The Labute approximate surface area is 94.3 Å².